The molecule has 0 saturated carbocycles. The number of methoxy groups -OCH3 is 1. The molecule has 0 amide bonds. The van der Waals surface area contributed by atoms with Gasteiger partial charge >= 0.3 is 0 Å². The third-order valence-corrected chi connectivity index (χ3v) is 3.55. The lowest BCUT2D eigenvalue weighted by Crippen LogP contribution is -1.96. The molecule has 1 heterocycles. The third-order valence-electron chi connectivity index (χ3n) is 3.23. The minimum atomic E-state index is 0.509. The Balaban J connectivity index is 2.32. The van der Waals surface area contributed by atoms with Crippen LogP contribution in [-0.4, -0.2) is 18.3 Å². The summed E-state index contributed by atoms with van der Waals surface area (Å²) in [6.07, 6.45) is 7.73. The van der Waals surface area contributed by atoms with Crippen molar-refractivity contribution in [1.82, 2.24) is 4.98 Å². The van der Waals surface area contributed by atoms with E-state index in [1.165, 1.54) is 5.56 Å². The van der Waals surface area contributed by atoms with Crippen LogP contribution in [-0.2, 0) is 11.2 Å². The van der Waals surface area contributed by atoms with Crippen LogP contribution in [0.1, 0.15) is 18.1 Å². The Labute approximate surface area is 156 Å². The molecule has 0 radical (unpaired) electrons. The van der Waals surface area contributed by atoms with Crippen molar-refractivity contribution in [2.75, 3.05) is 7.11 Å². The fourth-order valence-corrected chi connectivity index (χ4v) is 2.23. The van der Waals surface area contributed by atoms with Gasteiger partial charge in [-0.25, -0.2) is 4.98 Å². The monoisotopic (exact) mass is 434 g/mol. The molecule has 0 aliphatic rings. The van der Waals surface area contributed by atoms with Gasteiger partial charge in [0.2, 0.25) is 5.88 Å². The van der Waals surface area contributed by atoms with E-state index in [4.69, 9.17) is 9.47 Å². The minimum Gasteiger partial charge on any atom is -0.504 e. The highest BCUT2D eigenvalue weighted by atomic mass is 127. The molecule has 0 unspecified atom stereocenters. The summed E-state index contributed by atoms with van der Waals surface area (Å²) in [6, 6.07) is 11.8. The molecule has 0 N–H and O–H groups in total. The second kappa shape index (κ2) is 9.87. The van der Waals surface area contributed by atoms with E-state index >= 15 is 0 Å². The molecule has 2 rings (SSSR count). The number of aromatic nitrogens is 1. The lowest BCUT2D eigenvalue weighted by Gasteiger charge is -2.10. The van der Waals surface area contributed by atoms with E-state index in [0.29, 0.717) is 5.88 Å². The Kier molecular flexibility index (Phi) is 7.48. The van der Waals surface area contributed by atoms with Crippen LogP contribution in [0.3, 0.4) is 0 Å². The van der Waals surface area contributed by atoms with Crippen LogP contribution < -0.4 is 4.74 Å². The molecule has 0 bridgehead atoms. The Bertz CT molecular complexity index is 737. The first-order valence-corrected chi connectivity index (χ1v) is 8.76. The van der Waals surface area contributed by atoms with Crippen molar-refractivity contribution in [2.24, 2.45) is 4.99 Å². The molecule has 1 aromatic heterocycles. The van der Waals surface area contributed by atoms with Gasteiger partial charge in [-0.3, -0.25) is 4.99 Å². The van der Waals surface area contributed by atoms with E-state index in [9.17, 15) is 0 Å². The second-order valence-corrected chi connectivity index (χ2v) is 5.54. The van der Waals surface area contributed by atoms with Crippen LogP contribution in [0.25, 0.3) is 5.57 Å². The smallest absolute Gasteiger partial charge is 0.227 e. The number of hydrogen-bond donors (Lipinski definition) is 0. The van der Waals surface area contributed by atoms with Gasteiger partial charge in [-0.2, -0.15) is 0 Å². The van der Waals surface area contributed by atoms with Crippen LogP contribution >= 0.6 is 22.6 Å². The fraction of sp³-hybridized carbons (Fsp3) is 0.158. The van der Waals surface area contributed by atoms with Crippen molar-refractivity contribution in [2.45, 2.75) is 13.3 Å². The van der Waals surface area contributed by atoms with Crippen LogP contribution in [0.2, 0.25) is 0 Å². The topological polar surface area (TPSA) is 43.7 Å². The molecule has 0 saturated heterocycles. The summed E-state index contributed by atoms with van der Waals surface area (Å²) in [7, 11) is 1.60. The number of ether oxygens (including phenoxy) is 2. The predicted octanol–water partition coefficient (Wildman–Crippen LogP) is 5.40. The van der Waals surface area contributed by atoms with Crippen molar-refractivity contribution in [3.63, 3.8) is 0 Å². The van der Waals surface area contributed by atoms with Gasteiger partial charge in [-0.15, -0.1) is 0 Å². The van der Waals surface area contributed by atoms with Gasteiger partial charge in [-0.05, 0) is 40.3 Å². The molecule has 4 nitrogen and oxygen atoms in total. The summed E-state index contributed by atoms with van der Waals surface area (Å²) in [6.45, 7) is 2.12. The summed E-state index contributed by atoms with van der Waals surface area (Å²) < 4.78 is 12.9. The van der Waals surface area contributed by atoms with Crippen LogP contribution in [0.5, 0.6) is 11.6 Å². The molecule has 24 heavy (non-hydrogen) atoms. The number of benzene rings is 1. The number of halogens is 1. The van der Waals surface area contributed by atoms with Crippen molar-refractivity contribution in [1.29, 1.82) is 0 Å². The van der Waals surface area contributed by atoms with Gasteiger partial charge in [0.1, 0.15) is 5.75 Å². The highest BCUT2D eigenvalue weighted by Crippen LogP contribution is 2.27. The number of allylic oxidation sites excluding steroid dienone is 1. The summed E-state index contributed by atoms with van der Waals surface area (Å²) in [5.41, 5.74) is 2.85. The van der Waals surface area contributed by atoms with E-state index in [1.807, 2.05) is 28.3 Å². The summed E-state index contributed by atoms with van der Waals surface area (Å²) >= 11 is 2.12. The molecule has 5 heteroatoms. The van der Waals surface area contributed by atoms with Gasteiger partial charge < -0.3 is 9.47 Å². The lowest BCUT2D eigenvalue weighted by molar-refractivity contribution is 0.340. The Hall–Kier alpha value is -2.15. The third kappa shape index (κ3) is 5.19. The Morgan fingerprint density at radius 3 is 2.71 bits per heavy atom. The maximum absolute atomic E-state index is 5.95. The van der Waals surface area contributed by atoms with Crippen molar-refractivity contribution < 1.29 is 9.47 Å². The molecular formula is C19H19IN2O2. The Morgan fingerprint density at radius 1 is 1.25 bits per heavy atom. The lowest BCUT2D eigenvalue weighted by atomic mass is 10.1. The van der Waals surface area contributed by atoms with Crippen molar-refractivity contribution in [3.05, 3.63) is 70.3 Å². The van der Waals surface area contributed by atoms with E-state index in [-0.39, 0.29) is 0 Å². The van der Waals surface area contributed by atoms with Gasteiger partial charge in [0.25, 0.3) is 0 Å². The average molecular weight is 434 g/mol. The van der Waals surface area contributed by atoms with Gasteiger partial charge in [0.15, 0.2) is 0 Å². The molecule has 0 fully saturated rings. The van der Waals surface area contributed by atoms with Crippen molar-refractivity contribution in [3.8, 4) is 11.6 Å². The fourth-order valence-electron chi connectivity index (χ4n) is 2.04. The van der Waals surface area contributed by atoms with Crippen LogP contribution in [0, 0.1) is 0 Å². The zero-order valence-corrected chi connectivity index (χ0v) is 15.8. The zero-order valence-electron chi connectivity index (χ0n) is 13.6. The molecule has 0 atom stereocenters. The number of pyridine rings is 1. The second-order valence-electron chi connectivity index (χ2n) is 4.82. The summed E-state index contributed by atoms with van der Waals surface area (Å²) in [5.74, 6) is 1.25. The molecule has 0 aliphatic carbocycles. The van der Waals surface area contributed by atoms with Gasteiger partial charge in [0.05, 0.1) is 13.4 Å². The van der Waals surface area contributed by atoms with E-state index < -0.39 is 0 Å². The van der Waals surface area contributed by atoms with Crippen LogP contribution in [0.4, 0.5) is 0 Å². The van der Waals surface area contributed by atoms with E-state index in [1.54, 1.807) is 32.0 Å². The molecule has 1 aromatic carbocycles. The number of aliphatic imine (C=N–C) groups is 1. The Morgan fingerprint density at radius 2 is 2.04 bits per heavy atom. The SMILES string of the molecule is CCc1ccc(Oc2ncccc2C(/C=N/C=C\I)=C\OC)cc1. The number of hydrogen-bond acceptors (Lipinski definition) is 4. The molecular weight excluding hydrogens is 415 g/mol. The molecule has 124 valence electrons. The van der Waals surface area contributed by atoms with Crippen molar-refractivity contribution >= 4 is 34.4 Å². The maximum Gasteiger partial charge on any atom is 0.227 e. The largest absolute Gasteiger partial charge is 0.504 e. The van der Waals surface area contributed by atoms with Gasteiger partial charge in [-0.1, -0.05) is 41.6 Å². The predicted molar refractivity (Wildman–Crippen MR) is 107 cm³/mol. The average Bonchev–Trinajstić information content (AvgIpc) is 2.62. The van der Waals surface area contributed by atoms with E-state index in [0.717, 1.165) is 23.3 Å². The first kappa shape index (κ1) is 18.2. The molecule has 2 aromatic rings. The number of aryl methyl sites for hydroxylation is 1. The maximum atomic E-state index is 5.95. The summed E-state index contributed by atoms with van der Waals surface area (Å²) in [5, 5.41) is 0. The standard InChI is InChI=1S/C19H19IN2O2/c1-3-15-6-8-17(9-7-15)24-19-18(5-4-11-22-19)16(14-23-2)13-21-12-10-20/h4-14H,3H2,1-2H3/b12-10-,16-14-,21-13+. The minimum absolute atomic E-state index is 0.509. The zero-order chi connectivity index (χ0) is 17.2. The molecule has 0 aliphatic heterocycles. The first-order valence-electron chi connectivity index (χ1n) is 7.52. The quantitative estimate of drug-likeness (QED) is 0.333. The first-order chi connectivity index (χ1) is 11.8. The van der Waals surface area contributed by atoms with Crippen LogP contribution in [0.15, 0.2) is 64.1 Å². The number of rotatable bonds is 7. The van der Waals surface area contributed by atoms with Gasteiger partial charge in [0, 0.05) is 29.7 Å². The summed E-state index contributed by atoms with van der Waals surface area (Å²) in [4.78, 5) is 8.56. The molecule has 0 spiro atoms. The number of nitrogens with zero attached hydrogens (tertiary/aromatic N) is 2. The van der Waals surface area contributed by atoms with E-state index in [2.05, 4.69) is 51.6 Å². The normalized spacial score (nSPS) is 12.0. The highest BCUT2D eigenvalue weighted by molar-refractivity contribution is 14.1. The highest BCUT2D eigenvalue weighted by Gasteiger charge is 2.10.